The maximum Gasteiger partial charge on any atom is 0.252 e. The van der Waals surface area contributed by atoms with Crippen LogP contribution in [0.5, 0.6) is 0 Å². The maximum atomic E-state index is 12.9. The predicted molar refractivity (Wildman–Crippen MR) is 96.4 cm³/mol. The van der Waals surface area contributed by atoms with Crippen molar-refractivity contribution in [1.29, 1.82) is 0 Å². The van der Waals surface area contributed by atoms with Crippen molar-refractivity contribution >= 4 is 5.91 Å². The first kappa shape index (κ1) is 16.5. The van der Waals surface area contributed by atoms with Crippen molar-refractivity contribution in [3.8, 4) is 11.8 Å². The number of benzene rings is 3. The summed E-state index contributed by atoms with van der Waals surface area (Å²) in [5, 5.41) is 2.90. The van der Waals surface area contributed by atoms with Gasteiger partial charge in [0.05, 0.1) is 5.56 Å². The highest BCUT2D eigenvalue weighted by Crippen LogP contribution is 2.09. The molecular weight excluding hydrogens is 313 g/mol. The quantitative estimate of drug-likeness (QED) is 0.719. The van der Waals surface area contributed by atoms with E-state index in [2.05, 4.69) is 17.2 Å². The highest BCUT2D eigenvalue weighted by atomic mass is 19.1. The Hall–Kier alpha value is -3.38. The molecule has 3 rings (SSSR count). The fourth-order valence-electron chi connectivity index (χ4n) is 2.34. The molecule has 0 aliphatic rings. The lowest BCUT2D eigenvalue weighted by atomic mass is 10.1. The van der Waals surface area contributed by atoms with Gasteiger partial charge in [0, 0.05) is 17.7 Å². The number of halogens is 1. The molecule has 3 heteroatoms. The van der Waals surface area contributed by atoms with E-state index in [0.29, 0.717) is 23.2 Å². The third-order valence-electron chi connectivity index (χ3n) is 3.65. The number of hydrogen-bond donors (Lipinski definition) is 1. The Balaban J connectivity index is 1.76. The molecule has 0 atom stereocenters. The van der Waals surface area contributed by atoms with Gasteiger partial charge in [0.1, 0.15) is 5.82 Å². The summed E-state index contributed by atoms with van der Waals surface area (Å²) in [5.74, 6) is 5.48. The Labute approximate surface area is 146 Å². The average Bonchev–Trinajstić information content (AvgIpc) is 2.67. The molecule has 2 nitrogen and oxygen atoms in total. The smallest absolute Gasteiger partial charge is 0.252 e. The van der Waals surface area contributed by atoms with Crippen molar-refractivity contribution in [2.45, 2.75) is 6.54 Å². The number of carbonyl (C=O) groups is 1. The Morgan fingerprint density at radius 3 is 2.28 bits per heavy atom. The van der Waals surface area contributed by atoms with Gasteiger partial charge in [-0.2, -0.15) is 0 Å². The summed E-state index contributed by atoms with van der Waals surface area (Å²) in [6.07, 6.45) is 0. The molecule has 0 radical (unpaired) electrons. The number of carbonyl (C=O) groups excluding carboxylic acids is 1. The van der Waals surface area contributed by atoms with Crippen molar-refractivity contribution in [1.82, 2.24) is 5.32 Å². The van der Waals surface area contributed by atoms with E-state index in [0.717, 1.165) is 5.56 Å². The summed E-state index contributed by atoms with van der Waals surface area (Å²) in [6, 6.07) is 22.9. The molecule has 3 aromatic rings. The molecule has 0 spiro atoms. The second kappa shape index (κ2) is 7.94. The molecule has 122 valence electrons. The highest BCUT2D eigenvalue weighted by molar-refractivity contribution is 5.96. The Bertz CT molecular complexity index is 921. The van der Waals surface area contributed by atoms with Gasteiger partial charge in [0.25, 0.3) is 5.91 Å². The van der Waals surface area contributed by atoms with Crippen molar-refractivity contribution < 1.29 is 9.18 Å². The van der Waals surface area contributed by atoms with Crippen LogP contribution in [0.4, 0.5) is 4.39 Å². The Morgan fingerprint density at radius 2 is 1.52 bits per heavy atom. The first-order valence-corrected chi connectivity index (χ1v) is 7.91. The van der Waals surface area contributed by atoms with E-state index in [1.54, 1.807) is 30.3 Å². The normalized spacial score (nSPS) is 9.80. The zero-order valence-electron chi connectivity index (χ0n) is 13.5. The molecule has 0 aliphatic heterocycles. The highest BCUT2D eigenvalue weighted by Gasteiger charge is 2.09. The first-order valence-electron chi connectivity index (χ1n) is 7.91. The van der Waals surface area contributed by atoms with Crippen LogP contribution in [-0.2, 0) is 6.54 Å². The van der Waals surface area contributed by atoms with Gasteiger partial charge >= 0.3 is 0 Å². The summed E-state index contributed by atoms with van der Waals surface area (Å²) in [4.78, 5) is 12.5. The van der Waals surface area contributed by atoms with Crippen molar-refractivity contribution in [3.63, 3.8) is 0 Å². The molecular formula is C22H16FNO. The molecule has 3 aromatic carbocycles. The monoisotopic (exact) mass is 329 g/mol. The number of rotatable bonds is 3. The van der Waals surface area contributed by atoms with E-state index in [-0.39, 0.29) is 11.7 Å². The lowest BCUT2D eigenvalue weighted by Crippen LogP contribution is -2.23. The second-order valence-electron chi connectivity index (χ2n) is 5.47. The van der Waals surface area contributed by atoms with Crippen LogP contribution in [0.3, 0.4) is 0 Å². The number of amides is 1. The van der Waals surface area contributed by atoms with Gasteiger partial charge in [-0.15, -0.1) is 0 Å². The van der Waals surface area contributed by atoms with Crippen LogP contribution in [0.15, 0.2) is 78.9 Å². The van der Waals surface area contributed by atoms with Crippen LogP contribution in [0.2, 0.25) is 0 Å². The van der Waals surface area contributed by atoms with Crippen molar-refractivity contribution in [3.05, 3.63) is 107 Å². The molecule has 0 saturated carbocycles. The van der Waals surface area contributed by atoms with Gasteiger partial charge in [-0.05, 0) is 42.0 Å². The second-order valence-corrected chi connectivity index (χ2v) is 5.47. The van der Waals surface area contributed by atoms with Crippen LogP contribution in [0.25, 0.3) is 0 Å². The average molecular weight is 329 g/mol. The van der Waals surface area contributed by atoms with Crippen LogP contribution in [-0.4, -0.2) is 5.91 Å². The first-order chi connectivity index (χ1) is 12.2. The summed E-state index contributed by atoms with van der Waals surface area (Å²) in [7, 11) is 0. The molecule has 0 aromatic heterocycles. The predicted octanol–water partition coefficient (Wildman–Crippen LogP) is 4.16. The Morgan fingerprint density at radius 1 is 0.840 bits per heavy atom. The zero-order valence-corrected chi connectivity index (χ0v) is 13.5. The molecule has 0 fully saturated rings. The summed E-state index contributed by atoms with van der Waals surface area (Å²) >= 11 is 0. The van der Waals surface area contributed by atoms with Gasteiger partial charge in [0.2, 0.25) is 0 Å². The maximum absolute atomic E-state index is 12.9. The molecule has 0 heterocycles. The van der Waals surface area contributed by atoms with E-state index in [4.69, 9.17) is 0 Å². The lowest BCUT2D eigenvalue weighted by Gasteiger charge is -2.07. The SMILES string of the molecule is O=C(NCc1ccccc1)c1ccccc1C#Cc1ccc(F)cc1. The topological polar surface area (TPSA) is 29.1 Å². The summed E-state index contributed by atoms with van der Waals surface area (Å²) in [6.45, 7) is 0.458. The Kier molecular flexibility index (Phi) is 5.23. The van der Waals surface area contributed by atoms with Gasteiger partial charge in [-0.25, -0.2) is 4.39 Å². The van der Waals surface area contributed by atoms with Crippen LogP contribution < -0.4 is 5.32 Å². The largest absolute Gasteiger partial charge is 0.348 e. The van der Waals surface area contributed by atoms with Crippen LogP contribution in [0, 0.1) is 17.7 Å². The fourth-order valence-corrected chi connectivity index (χ4v) is 2.34. The van der Waals surface area contributed by atoms with E-state index >= 15 is 0 Å². The minimum Gasteiger partial charge on any atom is -0.348 e. The summed E-state index contributed by atoms with van der Waals surface area (Å²) in [5.41, 5.74) is 2.89. The minimum absolute atomic E-state index is 0.173. The number of hydrogen-bond acceptors (Lipinski definition) is 1. The van der Waals surface area contributed by atoms with Gasteiger partial charge in [-0.3, -0.25) is 4.79 Å². The molecule has 1 N–H and O–H groups in total. The third-order valence-corrected chi connectivity index (χ3v) is 3.65. The fraction of sp³-hybridized carbons (Fsp3) is 0.0455. The van der Waals surface area contributed by atoms with Gasteiger partial charge in [-0.1, -0.05) is 54.3 Å². The molecule has 25 heavy (non-hydrogen) atoms. The molecule has 0 saturated heterocycles. The molecule has 1 amide bonds. The van der Waals surface area contributed by atoms with E-state index in [9.17, 15) is 9.18 Å². The van der Waals surface area contributed by atoms with Crippen LogP contribution >= 0.6 is 0 Å². The number of nitrogens with one attached hydrogen (secondary N) is 1. The van der Waals surface area contributed by atoms with E-state index < -0.39 is 0 Å². The van der Waals surface area contributed by atoms with Gasteiger partial charge in [0.15, 0.2) is 0 Å². The molecule has 0 unspecified atom stereocenters. The van der Waals surface area contributed by atoms with Crippen molar-refractivity contribution in [2.75, 3.05) is 0 Å². The van der Waals surface area contributed by atoms with E-state index in [1.165, 1.54) is 12.1 Å². The van der Waals surface area contributed by atoms with E-state index in [1.807, 2.05) is 36.4 Å². The van der Waals surface area contributed by atoms with Gasteiger partial charge < -0.3 is 5.32 Å². The zero-order chi connectivity index (χ0) is 17.5. The third kappa shape index (κ3) is 4.55. The lowest BCUT2D eigenvalue weighted by molar-refractivity contribution is 0.0950. The standard InChI is InChI=1S/C22H16FNO/c23-20-14-11-17(12-15-20)10-13-19-8-4-5-9-21(19)22(25)24-16-18-6-2-1-3-7-18/h1-9,11-12,14-15H,16H2,(H,24,25). The molecule has 0 bridgehead atoms. The minimum atomic E-state index is -0.300. The van der Waals surface area contributed by atoms with Crippen LogP contribution in [0.1, 0.15) is 27.0 Å². The van der Waals surface area contributed by atoms with Crippen molar-refractivity contribution in [2.24, 2.45) is 0 Å². The molecule has 0 aliphatic carbocycles. The summed E-state index contributed by atoms with van der Waals surface area (Å²) < 4.78 is 12.9.